The summed E-state index contributed by atoms with van der Waals surface area (Å²) in [6, 6.07) is 0. The third kappa shape index (κ3) is 2.98. The largest absolute Gasteiger partial charge is 0.478 e. The van der Waals surface area contributed by atoms with E-state index in [0.717, 1.165) is 0 Å². The number of carbonyl (C=O) groups is 3. The average Bonchev–Trinajstić information content (AvgIpc) is 2.68. The van der Waals surface area contributed by atoms with Crippen molar-refractivity contribution in [3.63, 3.8) is 0 Å². The average molecular weight is 313 g/mol. The van der Waals surface area contributed by atoms with Crippen LogP contribution in [0.25, 0.3) is 0 Å². The number of amides is 1. The van der Waals surface area contributed by atoms with E-state index in [1.807, 2.05) is 0 Å². The normalized spacial score (nSPS) is 29.0. The Hall–Kier alpha value is -1.34. The van der Waals surface area contributed by atoms with Gasteiger partial charge in [-0.15, -0.1) is 11.8 Å². The van der Waals surface area contributed by atoms with E-state index in [2.05, 4.69) is 0 Å². The summed E-state index contributed by atoms with van der Waals surface area (Å²) < 4.78 is 0. The van der Waals surface area contributed by atoms with Crippen molar-refractivity contribution in [2.45, 2.75) is 32.3 Å². The van der Waals surface area contributed by atoms with Gasteiger partial charge in [0.25, 0.3) is 0 Å². The SMILES string of the molecule is CC(O)C1C(=O)C2C(C(=O)O)=C(SCCCC(N)=O)CC21. The number of Topliss-reactive ketones (excluding diaryl/α,β-unsaturated/α-hetero) is 1. The molecule has 6 nitrogen and oxygen atoms in total. The number of aliphatic hydroxyl groups excluding tert-OH is 1. The molecule has 0 aromatic carbocycles. The number of hydrogen-bond acceptors (Lipinski definition) is 5. The summed E-state index contributed by atoms with van der Waals surface area (Å²) >= 11 is 1.38. The fourth-order valence-corrected chi connectivity index (χ4v) is 4.46. The molecule has 21 heavy (non-hydrogen) atoms. The zero-order chi connectivity index (χ0) is 15.7. The van der Waals surface area contributed by atoms with Crippen LogP contribution in [0.4, 0.5) is 0 Å². The van der Waals surface area contributed by atoms with Crippen molar-refractivity contribution in [2.24, 2.45) is 23.5 Å². The van der Waals surface area contributed by atoms with Gasteiger partial charge < -0.3 is 15.9 Å². The highest BCUT2D eigenvalue weighted by molar-refractivity contribution is 8.03. The maximum atomic E-state index is 12.0. The lowest BCUT2D eigenvalue weighted by molar-refractivity contribution is -0.149. The number of rotatable bonds is 7. The van der Waals surface area contributed by atoms with Gasteiger partial charge in [0.1, 0.15) is 5.78 Å². The van der Waals surface area contributed by atoms with Gasteiger partial charge in [0.15, 0.2) is 0 Å². The van der Waals surface area contributed by atoms with Crippen LogP contribution < -0.4 is 5.73 Å². The van der Waals surface area contributed by atoms with E-state index in [4.69, 9.17) is 5.73 Å². The van der Waals surface area contributed by atoms with Crippen LogP contribution in [-0.4, -0.2) is 39.7 Å². The number of nitrogens with two attached hydrogens (primary N) is 1. The van der Waals surface area contributed by atoms with Gasteiger partial charge in [0, 0.05) is 12.3 Å². The van der Waals surface area contributed by atoms with E-state index in [-0.39, 0.29) is 29.6 Å². The minimum Gasteiger partial charge on any atom is -0.478 e. The first-order chi connectivity index (χ1) is 9.84. The highest BCUT2D eigenvalue weighted by atomic mass is 32.2. The van der Waals surface area contributed by atoms with Crippen LogP contribution in [0.2, 0.25) is 0 Å². The lowest BCUT2D eigenvalue weighted by Crippen LogP contribution is -2.51. The van der Waals surface area contributed by atoms with Crippen molar-refractivity contribution in [2.75, 3.05) is 5.75 Å². The molecule has 2 aliphatic rings. The lowest BCUT2D eigenvalue weighted by atomic mass is 9.61. The molecule has 0 spiro atoms. The number of fused-ring (bicyclic) bond motifs is 1. The standard InChI is InChI=1S/C14H19NO5S/c1-6(16)10-7-5-8(21-4-2-3-9(15)17)12(14(19)20)11(7)13(10)18/h6-7,10-11,16H,2-5H2,1H3,(H2,15,17)(H,19,20). The van der Waals surface area contributed by atoms with E-state index >= 15 is 0 Å². The van der Waals surface area contributed by atoms with Gasteiger partial charge in [0.2, 0.25) is 5.91 Å². The van der Waals surface area contributed by atoms with Gasteiger partial charge in [-0.05, 0) is 36.3 Å². The Kier molecular flexibility index (Phi) is 4.73. The minimum absolute atomic E-state index is 0.0951. The molecule has 2 rings (SSSR count). The summed E-state index contributed by atoms with van der Waals surface area (Å²) in [5.41, 5.74) is 5.25. The molecule has 1 amide bonds. The second kappa shape index (κ2) is 6.19. The third-order valence-corrected chi connectivity index (χ3v) is 5.38. The Morgan fingerprint density at radius 2 is 2.14 bits per heavy atom. The lowest BCUT2D eigenvalue weighted by Gasteiger charge is -2.41. The van der Waals surface area contributed by atoms with Crippen LogP contribution in [-0.2, 0) is 14.4 Å². The Morgan fingerprint density at radius 3 is 2.67 bits per heavy atom. The molecule has 0 aliphatic heterocycles. The first-order valence-electron chi connectivity index (χ1n) is 6.93. The van der Waals surface area contributed by atoms with Crippen LogP contribution in [0, 0.1) is 17.8 Å². The molecule has 116 valence electrons. The molecular formula is C14H19NO5S. The van der Waals surface area contributed by atoms with Gasteiger partial charge in [-0.25, -0.2) is 4.79 Å². The molecule has 1 saturated carbocycles. The fourth-order valence-electron chi connectivity index (χ4n) is 3.24. The van der Waals surface area contributed by atoms with E-state index < -0.39 is 23.9 Å². The molecule has 1 fully saturated rings. The topological polar surface area (TPSA) is 118 Å². The monoisotopic (exact) mass is 313 g/mol. The first kappa shape index (κ1) is 16.0. The molecule has 4 unspecified atom stereocenters. The molecule has 0 aromatic heterocycles. The number of ketones is 1. The number of aliphatic carboxylic acids is 1. The van der Waals surface area contributed by atoms with Crippen LogP contribution in [0.3, 0.4) is 0 Å². The summed E-state index contributed by atoms with van der Waals surface area (Å²) in [5.74, 6) is -2.12. The summed E-state index contributed by atoms with van der Waals surface area (Å²) in [6.45, 7) is 1.57. The highest BCUT2D eigenvalue weighted by Crippen LogP contribution is 2.55. The molecule has 0 bridgehead atoms. The number of carboxylic acid groups (broad SMARTS) is 1. The second-order valence-corrected chi connectivity index (χ2v) is 6.76. The smallest absolute Gasteiger partial charge is 0.333 e. The van der Waals surface area contributed by atoms with Crippen molar-refractivity contribution in [3.8, 4) is 0 Å². The van der Waals surface area contributed by atoms with Crippen LogP contribution >= 0.6 is 11.8 Å². The van der Waals surface area contributed by atoms with Crippen LogP contribution in [0.1, 0.15) is 26.2 Å². The molecule has 0 heterocycles. The maximum Gasteiger partial charge on any atom is 0.333 e. The van der Waals surface area contributed by atoms with E-state index in [9.17, 15) is 24.6 Å². The number of thioether (sulfide) groups is 1. The fraction of sp³-hybridized carbons (Fsp3) is 0.643. The Morgan fingerprint density at radius 1 is 1.48 bits per heavy atom. The Labute approximate surface area is 126 Å². The van der Waals surface area contributed by atoms with Gasteiger partial charge in [-0.3, -0.25) is 9.59 Å². The number of carbonyl (C=O) groups excluding carboxylic acids is 2. The van der Waals surface area contributed by atoms with Crippen molar-refractivity contribution < 1.29 is 24.6 Å². The van der Waals surface area contributed by atoms with Gasteiger partial charge >= 0.3 is 5.97 Å². The number of carboxylic acids is 1. The third-order valence-electron chi connectivity index (χ3n) is 4.15. The Bertz CT molecular complexity index is 513. The van der Waals surface area contributed by atoms with E-state index in [1.54, 1.807) is 6.92 Å². The number of aliphatic hydroxyl groups is 1. The summed E-state index contributed by atoms with van der Waals surface area (Å²) in [7, 11) is 0. The maximum absolute atomic E-state index is 12.0. The highest BCUT2D eigenvalue weighted by Gasteiger charge is 2.58. The molecule has 2 aliphatic carbocycles. The van der Waals surface area contributed by atoms with E-state index in [1.165, 1.54) is 11.8 Å². The van der Waals surface area contributed by atoms with Crippen molar-refractivity contribution in [1.82, 2.24) is 0 Å². The number of hydrogen-bond donors (Lipinski definition) is 3. The number of allylic oxidation sites excluding steroid dienone is 1. The molecule has 7 heteroatoms. The summed E-state index contributed by atoms with van der Waals surface area (Å²) in [6.07, 6.45) is 0.632. The predicted octanol–water partition coefficient (Wildman–Crippen LogP) is 0.540. The van der Waals surface area contributed by atoms with Crippen molar-refractivity contribution >= 4 is 29.4 Å². The van der Waals surface area contributed by atoms with Crippen molar-refractivity contribution in [3.05, 3.63) is 10.5 Å². The van der Waals surface area contributed by atoms with E-state index in [0.29, 0.717) is 23.5 Å². The zero-order valence-electron chi connectivity index (χ0n) is 11.7. The summed E-state index contributed by atoms with van der Waals surface area (Å²) in [5, 5.41) is 19.0. The molecule has 0 radical (unpaired) electrons. The minimum atomic E-state index is -1.06. The van der Waals surface area contributed by atoms with Crippen molar-refractivity contribution in [1.29, 1.82) is 0 Å². The molecule has 0 aromatic rings. The molecule has 4 N–H and O–H groups in total. The van der Waals surface area contributed by atoms with Crippen LogP contribution in [0.5, 0.6) is 0 Å². The van der Waals surface area contributed by atoms with Gasteiger partial charge in [0.05, 0.1) is 17.6 Å². The van der Waals surface area contributed by atoms with Gasteiger partial charge in [-0.1, -0.05) is 0 Å². The predicted molar refractivity (Wildman–Crippen MR) is 77.3 cm³/mol. The summed E-state index contributed by atoms with van der Waals surface area (Å²) in [4.78, 5) is 34.8. The molecular weight excluding hydrogens is 294 g/mol. The second-order valence-electron chi connectivity index (χ2n) is 5.57. The Balaban J connectivity index is 2.04. The van der Waals surface area contributed by atoms with Crippen LogP contribution in [0.15, 0.2) is 10.5 Å². The zero-order valence-corrected chi connectivity index (χ0v) is 12.6. The first-order valence-corrected chi connectivity index (χ1v) is 7.92. The molecule has 4 atom stereocenters. The van der Waals surface area contributed by atoms with Gasteiger partial charge in [-0.2, -0.15) is 0 Å². The molecule has 0 saturated heterocycles. The quantitative estimate of drug-likeness (QED) is 0.590. The number of primary amides is 1.